The van der Waals surface area contributed by atoms with Gasteiger partial charge in [0, 0.05) is 18.3 Å². The van der Waals surface area contributed by atoms with E-state index in [1.807, 2.05) is 45.3 Å². The van der Waals surface area contributed by atoms with Gasteiger partial charge in [0.25, 0.3) is 0 Å². The molecule has 168 valence electrons. The Kier molecular flexibility index (Phi) is 8.62. The van der Waals surface area contributed by atoms with Crippen LogP contribution in [0.5, 0.6) is 0 Å². The molecule has 31 heavy (non-hydrogen) atoms. The highest BCUT2D eigenvalue weighted by Gasteiger charge is 2.27. The third kappa shape index (κ3) is 6.38. The predicted octanol–water partition coefficient (Wildman–Crippen LogP) is 6.99. The summed E-state index contributed by atoms with van der Waals surface area (Å²) in [6.07, 6.45) is 12.6. The molecule has 0 aliphatic heterocycles. The Morgan fingerprint density at radius 3 is 1.97 bits per heavy atom. The number of rotatable bonds is 4. The van der Waals surface area contributed by atoms with Crippen molar-refractivity contribution in [2.45, 2.75) is 97.0 Å². The van der Waals surface area contributed by atoms with Crippen LogP contribution in [-0.4, -0.2) is 22.0 Å². The lowest BCUT2D eigenvalue weighted by atomic mass is 9.79. The Balaban J connectivity index is 0.00000132. The second-order valence-electron chi connectivity index (χ2n) is 9.08. The zero-order chi connectivity index (χ0) is 22.2. The normalized spacial score (nSPS) is 25.8. The maximum atomic E-state index is 12.6. The number of carbonyl (C=O) groups excluding carboxylic acids is 1. The number of hydrogen-bond donors (Lipinski definition) is 0. The molecule has 0 unspecified atom stereocenters. The van der Waals surface area contributed by atoms with E-state index in [9.17, 15) is 4.79 Å². The van der Waals surface area contributed by atoms with Gasteiger partial charge in [-0.25, -0.2) is 14.8 Å². The first-order valence-electron chi connectivity index (χ1n) is 12.2. The summed E-state index contributed by atoms with van der Waals surface area (Å²) < 4.78 is 5.80. The van der Waals surface area contributed by atoms with Crippen LogP contribution in [0.4, 0.5) is 0 Å². The second-order valence-corrected chi connectivity index (χ2v) is 9.08. The molecule has 0 amide bonds. The van der Waals surface area contributed by atoms with Crippen LogP contribution in [-0.2, 0) is 4.74 Å². The van der Waals surface area contributed by atoms with E-state index in [1.54, 1.807) is 0 Å². The van der Waals surface area contributed by atoms with Gasteiger partial charge in [0.15, 0.2) is 0 Å². The van der Waals surface area contributed by atoms with Crippen molar-refractivity contribution in [3.05, 3.63) is 59.2 Å². The largest absolute Gasteiger partial charge is 0.459 e. The van der Waals surface area contributed by atoms with Crippen molar-refractivity contribution in [2.75, 3.05) is 0 Å². The second kappa shape index (κ2) is 11.4. The molecular formula is C27H38N2O2. The van der Waals surface area contributed by atoms with Gasteiger partial charge < -0.3 is 4.74 Å². The molecule has 2 saturated carbocycles. The van der Waals surface area contributed by atoms with Crippen LogP contribution in [0.2, 0.25) is 0 Å². The molecule has 0 atom stereocenters. The number of nitrogens with zero attached hydrogens (tertiary/aromatic N) is 2. The molecule has 4 nitrogen and oxygen atoms in total. The van der Waals surface area contributed by atoms with Gasteiger partial charge in [0.1, 0.15) is 11.9 Å². The number of aromatic nitrogens is 2. The average Bonchev–Trinajstić information content (AvgIpc) is 2.82. The third-order valence-electron chi connectivity index (χ3n) is 6.75. The van der Waals surface area contributed by atoms with Crippen LogP contribution in [0.15, 0.2) is 36.7 Å². The minimum atomic E-state index is -0.191. The molecule has 0 N–H and O–H groups in total. The molecule has 4 heteroatoms. The summed E-state index contributed by atoms with van der Waals surface area (Å²) in [7, 11) is 0. The van der Waals surface area contributed by atoms with E-state index in [0.29, 0.717) is 17.4 Å². The van der Waals surface area contributed by atoms with Crippen LogP contribution < -0.4 is 0 Å². The van der Waals surface area contributed by atoms with E-state index in [0.717, 1.165) is 43.0 Å². The summed E-state index contributed by atoms with van der Waals surface area (Å²) in [6, 6.07) is 8.15. The Bertz CT molecular complexity index is 800. The molecule has 2 aliphatic carbocycles. The highest BCUT2D eigenvalue weighted by molar-refractivity contribution is 5.89. The van der Waals surface area contributed by atoms with E-state index >= 15 is 0 Å². The fourth-order valence-corrected chi connectivity index (χ4v) is 4.76. The Labute approximate surface area is 187 Å². The van der Waals surface area contributed by atoms with Gasteiger partial charge in [-0.1, -0.05) is 45.7 Å². The quantitative estimate of drug-likeness (QED) is 0.498. The first-order valence-corrected chi connectivity index (χ1v) is 12.2. The van der Waals surface area contributed by atoms with Gasteiger partial charge in [-0.15, -0.1) is 0 Å². The van der Waals surface area contributed by atoms with Crippen molar-refractivity contribution >= 4 is 5.97 Å². The molecule has 2 aliphatic rings. The molecule has 1 aromatic heterocycles. The van der Waals surface area contributed by atoms with Crippen molar-refractivity contribution in [2.24, 2.45) is 5.92 Å². The number of aryl methyl sites for hydroxylation is 1. The summed E-state index contributed by atoms with van der Waals surface area (Å²) in [5.74, 6) is 2.61. The Hall–Kier alpha value is -2.23. The summed E-state index contributed by atoms with van der Waals surface area (Å²) in [5.41, 5.74) is 3.12. The maximum Gasteiger partial charge on any atom is 0.338 e. The van der Waals surface area contributed by atoms with E-state index in [1.165, 1.54) is 31.2 Å². The van der Waals surface area contributed by atoms with Crippen LogP contribution in [0.3, 0.4) is 0 Å². The molecular weight excluding hydrogens is 384 g/mol. The van der Waals surface area contributed by atoms with Gasteiger partial charge in [-0.3, -0.25) is 0 Å². The topological polar surface area (TPSA) is 52.1 Å². The van der Waals surface area contributed by atoms with Crippen LogP contribution in [0, 0.1) is 12.8 Å². The number of esters is 1. The first kappa shape index (κ1) is 23.4. The van der Waals surface area contributed by atoms with Crippen molar-refractivity contribution in [1.82, 2.24) is 9.97 Å². The lowest BCUT2D eigenvalue weighted by Crippen LogP contribution is -2.24. The predicted molar refractivity (Wildman–Crippen MR) is 125 cm³/mol. The third-order valence-corrected chi connectivity index (χ3v) is 6.75. The molecule has 0 saturated heterocycles. The highest BCUT2D eigenvalue weighted by atomic mass is 16.5. The van der Waals surface area contributed by atoms with Crippen molar-refractivity contribution < 1.29 is 9.53 Å². The zero-order valence-electron chi connectivity index (χ0n) is 19.6. The monoisotopic (exact) mass is 422 g/mol. The average molecular weight is 423 g/mol. The van der Waals surface area contributed by atoms with Gasteiger partial charge >= 0.3 is 5.97 Å². The molecule has 0 radical (unpaired) electrons. The molecule has 0 spiro atoms. The lowest BCUT2D eigenvalue weighted by Gasteiger charge is -2.28. The first-order chi connectivity index (χ1) is 15.1. The molecule has 1 heterocycles. The molecule has 0 bridgehead atoms. The van der Waals surface area contributed by atoms with Gasteiger partial charge in [-0.2, -0.15) is 0 Å². The van der Waals surface area contributed by atoms with E-state index in [2.05, 4.69) is 29.0 Å². The van der Waals surface area contributed by atoms with Gasteiger partial charge in [0.05, 0.1) is 5.56 Å². The Morgan fingerprint density at radius 1 is 0.839 bits per heavy atom. The fraction of sp³-hybridized carbons (Fsp3) is 0.593. The SMILES string of the molecule is CC.Cc1cnc(C2CCC(OC(=O)c3ccc(C4CCC(C)CC4)cc3)CC2)nc1. The number of ether oxygens (including phenoxy) is 1. The summed E-state index contributed by atoms with van der Waals surface area (Å²) in [4.78, 5) is 21.5. The summed E-state index contributed by atoms with van der Waals surface area (Å²) in [5, 5.41) is 0. The summed E-state index contributed by atoms with van der Waals surface area (Å²) >= 11 is 0. The van der Waals surface area contributed by atoms with Crippen molar-refractivity contribution in [1.29, 1.82) is 0 Å². The van der Waals surface area contributed by atoms with Crippen molar-refractivity contribution in [3.63, 3.8) is 0 Å². The van der Waals surface area contributed by atoms with E-state index in [4.69, 9.17) is 4.74 Å². The summed E-state index contributed by atoms with van der Waals surface area (Å²) in [6.45, 7) is 8.35. The van der Waals surface area contributed by atoms with Crippen LogP contribution in [0.25, 0.3) is 0 Å². The number of hydrogen-bond acceptors (Lipinski definition) is 4. The smallest absolute Gasteiger partial charge is 0.338 e. The maximum absolute atomic E-state index is 12.6. The number of benzene rings is 1. The standard InChI is InChI=1S/C25H32N2O2.C2H6/c1-17-3-5-19(6-4-17)20-7-9-22(10-8-20)25(28)29-23-13-11-21(12-14-23)24-26-15-18(2)16-27-24;1-2/h7-10,15-17,19,21,23H,3-6,11-14H2,1-2H3;1-2H3. The van der Waals surface area contributed by atoms with E-state index < -0.39 is 0 Å². The lowest BCUT2D eigenvalue weighted by molar-refractivity contribution is 0.0193. The molecule has 2 fully saturated rings. The minimum absolute atomic E-state index is 0.00343. The van der Waals surface area contributed by atoms with Gasteiger partial charge in [-0.05, 0) is 80.5 Å². The van der Waals surface area contributed by atoms with Gasteiger partial charge in [0.2, 0.25) is 0 Å². The minimum Gasteiger partial charge on any atom is -0.459 e. The fourth-order valence-electron chi connectivity index (χ4n) is 4.76. The Morgan fingerprint density at radius 2 is 1.39 bits per heavy atom. The molecule has 1 aromatic carbocycles. The molecule has 4 rings (SSSR count). The number of carbonyl (C=O) groups is 1. The van der Waals surface area contributed by atoms with Crippen LogP contribution in [0.1, 0.15) is 111 Å². The van der Waals surface area contributed by atoms with Crippen molar-refractivity contribution in [3.8, 4) is 0 Å². The van der Waals surface area contributed by atoms with Crippen LogP contribution >= 0.6 is 0 Å². The van der Waals surface area contributed by atoms with E-state index in [-0.39, 0.29) is 12.1 Å². The molecule has 2 aromatic rings. The highest BCUT2D eigenvalue weighted by Crippen LogP contribution is 2.36. The zero-order valence-corrected chi connectivity index (χ0v) is 19.6.